The van der Waals surface area contributed by atoms with Gasteiger partial charge in [-0.3, -0.25) is 0 Å². The van der Waals surface area contributed by atoms with Crippen molar-refractivity contribution in [2.24, 2.45) is 5.41 Å². The molecule has 0 saturated heterocycles. The van der Waals surface area contributed by atoms with E-state index in [1.54, 1.807) is 14.2 Å². The Kier molecular flexibility index (Phi) is 88.8. The number of thioether (sulfide) groups is 2. The number of nitrogens with one attached hydrogen (secondary N) is 2. The number of benzene rings is 4. The Morgan fingerprint density at radius 1 is 0.372 bits per heavy atom. The van der Waals surface area contributed by atoms with E-state index in [1.165, 1.54) is 60.8 Å². The van der Waals surface area contributed by atoms with Gasteiger partial charge >= 0.3 is 0 Å². The molecule has 4 aromatic rings. The van der Waals surface area contributed by atoms with Gasteiger partial charge in [-0.25, -0.2) is 0 Å². The Bertz CT molecular complexity index is 1610. The van der Waals surface area contributed by atoms with Crippen LogP contribution in [0.4, 0.5) is 0 Å². The maximum Gasteiger partial charge on any atom is 0.0871 e. The summed E-state index contributed by atoms with van der Waals surface area (Å²) in [6.07, 6.45) is 12.9. The normalized spacial score (nSPS) is 10.2. The largest absolute Gasteiger partial charge is 0.379 e. The molecular weight excluding hydrogens is 1090 g/mol. The first kappa shape index (κ1) is 114. The minimum absolute atomic E-state index is 0. The number of methoxy groups -OCH3 is 2. The van der Waals surface area contributed by atoms with Crippen molar-refractivity contribution in [1.82, 2.24) is 10.6 Å². The van der Waals surface area contributed by atoms with E-state index < -0.39 is 0 Å². The highest BCUT2D eigenvalue weighted by Crippen LogP contribution is 2.33. The van der Waals surface area contributed by atoms with Gasteiger partial charge in [0, 0.05) is 34.8 Å². The van der Waals surface area contributed by atoms with E-state index in [9.17, 15) is 0 Å². The molecule has 0 aliphatic carbocycles. The van der Waals surface area contributed by atoms with Crippen LogP contribution in [0.3, 0.4) is 0 Å². The maximum absolute atomic E-state index is 5.32. The van der Waals surface area contributed by atoms with E-state index in [0.717, 1.165) is 6.42 Å². The van der Waals surface area contributed by atoms with Crippen LogP contribution in [-0.4, -0.2) is 56.7 Å². The second-order valence-corrected chi connectivity index (χ2v) is 26.3. The van der Waals surface area contributed by atoms with Crippen molar-refractivity contribution in [1.29, 1.82) is 0 Å². The van der Waals surface area contributed by atoms with Crippen LogP contribution in [0.25, 0.3) is 0 Å². The van der Waals surface area contributed by atoms with Crippen LogP contribution in [0.1, 0.15) is 312 Å². The molecule has 0 heterocycles. The van der Waals surface area contributed by atoms with Gasteiger partial charge in [-0.2, -0.15) is 23.5 Å². The Hall–Kier alpha value is -2.58. The topological polar surface area (TPSA) is 42.5 Å². The van der Waals surface area contributed by atoms with E-state index in [4.69, 9.17) is 9.47 Å². The van der Waals surface area contributed by atoms with Crippen molar-refractivity contribution in [2.45, 2.75) is 327 Å². The molecule has 0 bridgehead atoms. The molecule has 0 saturated carbocycles. The van der Waals surface area contributed by atoms with Gasteiger partial charge in [-0.15, -0.1) is 0 Å². The highest BCUT2D eigenvalue weighted by molar-refractivity contribution is 8.00. The molecule has 4 aromatic carbocycles. The lowest BCUT2D eigenvalue weighted by molar-refractivity contribution is 0.0191. The van der Waals surface area contributed by atoms with Gasteiger partial charge in [0.05, 0.1) is 11.2 Å². The lowest BCUT2D eigenvalue weighted by Crippen LogP contribution is -2.34. The summed E-state index contributed by atoms with van der Waals surface area (Å²) in [4.78, 5) is 0. The first-order valence-corrected chi connectivity index (χ1v) is 33.9. The summed E-state index contributed by atoms with van der Waals surface area (Å²) in [6, 6.07) is 42.0. The molecule has 0 aliphatic rings. The molecule has 2 N–H and O–H groups in total. The molecule has 0 aliphatic heterocycles. The Labute approximate surface area is 557 Å². The molecule has 0 unspecified atom stereocenters. The Balaban J connectivity index is -0.0000000633. The fourth-order valence-corrected chi connectivity index (χ4v) is 5.95. The predicted octanol–water partition coefficient (Wildman–Crippen LogP) is 27.6. The van der Waals surface area contributed by atoms with E-state index in [-0.39, 0.29) is 58.6 Å². The van der Waals surface area contributed by atoms with Crippen LogP contribution >= 0.6 is 23.5 Å². The van der Waals surface area contributed by atoms with E-state index >= 15 is 0 Å². The number of hydrogen-bond acceptors (Lipinski definition) is 6. The fraction of sp³-hybridized carbons (Fsp3) is 0.700. The van der Waals surface area contributed by atoms with Gasteiger partial charge in [0.15, 0.2) is 0 Å². The van der Waals surface area contributed by atoms with Gasteiger partial charge in [0.25, 0.3) is 0 Å². The third-order valence-electron chi connectivity index (χ3n) is 14.8. The Morgan fingerprint density at radius 3 is 0.860 bits per heavy atom. The van der Waals surface area contributed by atoms with Crippen molar-refractivity contribution in [2.75, 3.05) is 40.8 Å². The molecule has 6 heteroatoms. The van der Waals surface area contributed by atoms with Gasteiger partial charge in [-0.1, -0.05) is 316 Å². The minimum Gasteiger partial charge on any atom is -0.379 e. The monoisotopic (exact) mass is 1250 g/mol. The van der Waals surface area contributed by atoms with Crippen molar-refractivity contribution in [3.63, 3.8) is 0 Å². The van der Waals surface area contributed by atoms with Crippen molar-refractivity contribution < 1.29 is 9.47 Å². The quantitative estimate of drug-likeness (QED) is 0.110. The SMILES string of the molecule is C.C.C.C.C.CC.CC.CC.CC.CCC(C)(C)CC.CCC(C)(C)NC.CCC(C)(C)OC.CCC(C)(C)SC.CCCC(C)(C)c1ccccc1.CNC(C)(C)c1ccccc1.COC(C)(C)c1ccccc1.CSC(C)(C)c1ccccc1. The molecule has 86 heavy (non-hydrogen) atoms. The standard InChI is InChI=1S/C12H18.C10H15N.C10H14O.C10H14S.C7H16.C6H15N.C6H14O.C6H14S.4C2H6.5CH4/c1-4-10-12(2,3)11-8-6-5-7-9-11;3*1-10(2,11-3)9-7-5-4-6-8-9;1-5-7(3,4)6-2;3*1-5-6(2,3)7-4;4*1-2;;;;;/h5-9H,4,10H2,1-3H3;4-8,11H,1-3H3;2*4-8H,1-3H3;5-6H2,1-4H3;7H,5H2,1-4H3;2*5H2,1-4H3;4*1-2H3;5*1H4. The highest BCUT2D eigenvalue weighted by Gasteiger charge is 2.20. The molecule has 0 radical (unpaired) electrons. The summed E-state index contributed by atoms with van der Waals surface area (Å²) in [5, 5.41) is 6.45. The maximum atomic E-state index is 5.32. The van der Waals surface area contributed by atoms with Crippen molar-refractivity contribution in [3.05, 3.63) is 144 Å². The molecule has 0 fully saturated rings. The average molecular weight is 1250 g/mol. The predicted molar refractivity (Wildman–Crippen MR) is 418 cm³/mol. The van der Waals surface area contributed by atoms with Crippen LogP contribution < -0.4 is 10.6 Å². The minimum atomic E-state index is -0.165. The lowest BCUT2D eigenvalue weighted by atomic mass is 9.81. The zero-order valence-corrected chi connectivity index (χ0v) is 62.8. The summed E-state index contributed by atoms with van der Waals surface area (Å²) in [5.41, 5.74) is 6.64. The summed E-state index contributed by atoms with van der Waals surface area (Å²) in [5.74, 6) is 0. The molecule has 0 aromatic heterocycles. The molecule has 4 nitrogen and oxygen atoms in total. The first-order valence-electron chi connectivity index (χ1n) is 31.5. The number of ether oxygens (including phenoxy) is 2. The average Bonchev–Trinajstić information content (AvgIpc) is 3.51. The first-order chi connectivity index (χ1) is 37.6. The molecule has 518 valence electrons. The molecule has 4 rings (SSSR count). The van der Waals surface area contributed by atoms with Gasteiger partial charge in [-0.05, 0) is 155 Å². The summed E-state index contributed by atoms with van der Waals surface area (Å²) in [6.45, 7) is 64.4. The number of rotatable bonds is 17. The fourth-order valence-electron chi connectivity index (χ4n) is 5.29. The second kappa shape index (κ2) is 66.8. The second-order valence-electron chi connectivity index (χ2n) is 23.4. The van der Waals surface area contributed by atoms with Crippen LogP contribution in [0.5, 0.6) is 0 Å². The van der Waals surface area contributed by atoms with Crippen LogP contribution in [-0.2, 0) is 30.8 Å². The van der Waals surface area contributed by atoms with Crippen LogP contribution in [0.2, 0.25) is 0 Å². The van der Waals surface area contributed by atoms with Crippen LogP contribution in [0, 0.1) is 5.41 Å². The van der Waals surface area contributed by atoms with Crippen molar-refractivity contribution in [3.8, 4) is 0 Å². The van der Waals surface area contributed by atoms with Gasteiger partial charge in [0.2, 0.25) is 0 Å². The molecule has 0 amide bonds. The highest BCUT2D eigenvalue weighted by atomic mass is 32.2. The van der Waals surface area contributed by atoms with Crippen LogP contribution in [0.15, 0.2) is 121 Å². The zero-order chi connectivity index (χ0) is 65.6. The van der Waals surface area contributed by atoms with E-state index in [0.29, 0.717) is 21.1 Å². The summed E-state index contributed by atoms with van der Waals surface area (Å²) < 4.78 is 11.2. The third kappa shape index (κ3) is 64.4. The summed E-state index contributed by atoms with van der Waals surface area (Å²) >= 11 is 3.81. The van der Waals surface area contributed by atoms with Gasteiger partial charge < -0.3 is 20.1 Å². The summed E-state index contributed by atoms with van der Waals surface area (Å²) in [7, 11) is 7.44. The molecule has 0 atom stereocenters. The smallest absolute Gasteiger partial charge is 0.0871 e. The lowest BCUT2D eigenvalue weighted by Gasteiger charge is -2.24. The number of hydrogen-bond donors (Lipinski definition) is 2. The molecular formula is C80H164N2O2S2. The zero-order valence-electron chi connectivity index (χ0n) is 61.1. The molecule has 0 spiro atoms. The van der Waals surface area contributed by atoms with E-state index in [2.05, 4.69) is 273 Å². The third-order valence-corrected chi connectivity index (χ3v) is 17.4. The van der Waals surface area contributed by atoms with E-state index in [1.807, 2.05) is 117 Å². The van der Waals surface area contributed by atoms with Gasteiger partial charge in [0.1, 0.15) is 0 Å². The Morgan fingerprint density at radius 2 is 0.686 bits per heavy atom. The van der Waals surface area contributed by atoms with Crippen molar-refractivity contribution >= 4 is 23.5 Å².